The zero-order valence-electron chi connectivity index (χ0n) is 8.47. The summed E-state index contributed by atoms with van der Waals surface area (Å²) in [7, 11) is 0. The maximum absolute atomic E-state index is 13.2. The smallest absolute Gasteiger partial charge is 0.125 e. The molecule has 0 bridgehead atoms. The molecule has 0 aliphatic heterocycles. The molecule has 1 aromatic carbocycles. The molecule has 0 aliphatic carbocycles. The number of aryl methyl sites for hydroxylation is 1. The maximum Gasteiger partial charge on any atom is 0.125 e. The van der Waals surface area contributed by atoms with Crippen LogP contribution in [0, 0.1) is 12.7 Å². The molecule has 0 aliphatic rings. The molecule has 0 fully saturated rings. The van der Waals surface area contributed by atoms with Gasteiger partial charge < -0.3 is 0 Å². The summed E-state index contributed by atoms with van der Waals surface area (Å²) in [5, 5.41) is 0.993. The van der Waals surface area contributed by atoms with Crippen molar-refractivity contribution in [3.8, 4) is 0 Å². The summed E-state index contributed by atoms with van der Waals surface area (Å²) in [4.78, 5) is 4.43. The quantitative estimate of drug-likeness (QED) is 0.694. The van der Waals surface area contributed by atoms with Crippen LogP contribution in [0.2, 0.25) is 0 Å². The molecule has 0 amide bonds. The van der Waals surface area contributed by atoms with Gasteiger partial charge in [-0.05, 0) is 30.5 Å². The lowest BCUT2D eigenvalue weighted by atomic mass is 10.0. The minimum atomic E-state index is -0.162. The first-order valence-corrected chi connectivity index (χ1v) is 5.46. The van der Waals surface area contributed by atoms with Gasteiger partial charge in [0.1, 0.15) is 5.82 Å². The number of hydrogen-bond donors (Lipinski definition) is 0. The molecule has 74 valence electrons. The number of aromatic nitrogens is 1. The van der Waals surface area contributed by atoms with Crippen LogP contribution in [0.5, 0.6) is 0 Å². The second-order valence-electron chi connectivity index (χ2n) is 3.73. The Labute approximate surface area is 86.6 Å². The minimum Gasteiger partial charge on any atom is -0.241 e. The Morgan fingerprint density at radius 3 is 2.71 bits per heavy atom. The Morgan fingerprint density at radius 2 is 2.07 bits per heavy atom. The first-order chi connectivity index (χ1) is 6.58. The second kappa shape index (κ2) is 3.31. The minimum absolute atomic E-state index is 0.162. The molecule has 0 N–H and O–H groups in total. The van der Waals surface area contributed by atoms with Gasteiger partial charge in [-0.2, -0.15) is 0 Å². The van der Waals surface area contributed by atoms with Crippen LogP contribution in [0.1, 0.15) is 30.3 Å². The standard InChI is InChI=1S/C11H12FNS/c1-6(2)9-4-8(12)5-10-11(9)13-7(3)14-10/h4-6H,1-3H3. The van der Waals surface area contributed by atoms with E-state index in [0.29, 0.717) is 5.92 Å². The molecular formula is C11H12FNS. The van der Waals surface area contributed by atoms with E-state index in [2.05, 4.69) is 18.8 Å². The first kappa shape index (κ1) is 9.59. The van der Waals surface area contributed by atoms with Crippen LogP contribution < -0.4 is 0 Å². The lowest BCUT2D eigenvalue weighted by molar-refractivity contribution is 0.626. The van der Waals surface area contributed by atoms with Crippen molar-refractivity contribution < 1.29 is 4.39 Å². The van der Waals surface area contributed by atoms with Gasteiger partial charge in [0.05, 0.1) is 15.2 Å². The normalized spacial score (nSPS) is 11.5. The van der Waals surface area contributed by atoms with Crippen LogP contribution in [0.3, 0.4) is 0 Å². The molecule has 1 heterocycles. The van der Waals surface area contributed by atoms with E-state index in [1.54, 1.807) is 23.5 Å². The van der Waals surface area contributed by atoms with Crippen molar-refractivity contribution in [3.63, 3.8) is 0 Å². The topological polar surface area (TPSA) is 12.9 Å². The number of hydrogen-bond acceptors (Lipinski definition) is 2. The fourth-order valence-electron chi connectivity index (χ4n) is 1.57. The second-order valence-corrected chi connectivity index (χ2v) is 4.96. The Morgan fingerprint density at radius 1 is 1.36 bits per heavy atom. The highest BCUT2D eigenvalue weighted by atomic mass is 32.1. The molecule has 0 saturated carbocycles. The summed E-state index contributed by atoms with van der Waals surface area (Å²) in [5.41, 5.74) is 1.97. The van der Waals surface area contributed by atoms with Gasteiger partial charge in [0.2, 0.25) is 0 Å². The van der Waals surface area contributed by atoms with Gasteiger partial charge in [-0.1, -0.05) is 13.8 Å². The number of halogens is 1. The van der Waals surface area contributed by atoms with Gasteiger partial charge in [-0.25, -0.2) is 9.37 Å². The van der Waals surface area contributed by atoms with Crippen LogP contribution in [-0.2, 0) is 0 Å². The van der Waals surface area contributed by atoms with E-state index in [4.69, 9.17) is 0 Å². The van der Waals surface area contributed by atoms with Crippen molar-refractivity contribution >= 4 is 21.6 Å². The first-order valence-electron chi connectivity index (χ1n) is 4.64. The number of benzene rings is 1. The number of fused-ring (bicyclic) bond motifs is 1. The van der Waals surface area contributed by atoms with Gasteiger partial charge in [0.15, 0.2) is 0 Å². The Bertz CT molecular complexity index is 473. The van der Waals surface area contributed by atoms with E-state index in [1.165, 1.54) is 0 Å². The van der Waals surface area contributed by atoms with Crippen LogP contribution >= 0.6 is 11.3 Å². The van der Waals surface area contributed by atoms with E-state index >= 15 is 0 Å². The summed E-state index contributed by atoms with van der Waals surface area (Å²) in [6, 6.07) is 3.15. The zero-order valence-corrected chi connectivity index (χ0v) is 9.28. The predicted molar refractivity (Wildman–Crippen MR) is 58.4 cm³/mol. The van der Waals surface area contributed by atoms with Gasteiger partial charge in [-0.3, -0.25) is 0 Å². The third kappa shape index (κ3) is 1.52. The molecule has 14 heavy (non-hydrogen) atoms. The van der Waals surface area contributed by atoms with Crippen molar-refractivity contribution in [2.45, 2.75) is 26.7 Å². The number of thiazole rings is 1. The lowest BCUT2D eigenvalue weighted by Crippen LogP contribution is -1.90. The highest BCUT2D eigenvalue weighted by Gasteiger charge is 2.11. The third-order valence-corrected chi connectivity index (χ3v) is 3.14. The van der Waals surface area contributed by atoms with Crippen molar-refractivity contribution in [2.24, 2.45) is 0 Å². The monoisotopic (exact) mass is 209 g/mol. The highest BCUT2D eigenvalue weighted by Crippen LogP contribution is 2.29. The molecule has 1 aromatic heterocycles. The van der Waals surface area contributed by atoms with E-state index in [1.807, 2.05) is 6.92 Å². The van der Waals surface area contributed by atoms with Crippen molar-refractivity contribution in [2.75, 3.05) is 0 Å². The molecule has 3 heteroatoms. The van der Waals surface area contributed by atoms with E-state index in [0.717, 1.165) is 20.8 Å². The molecular weight excluding hydrogens is 197 g/mol. The van der Waals surface area contributed by atoms with Crippen LogP contribution in [-0.4, -0.2) is 4.98 Å². The average molecular weight is 209 g/mol. The van der Waals surface area contributed by atoms with Crippen LogP contribution in [0.25, 0.3) is 10.2 Å². The fourth-order valence-corrected chi connectivity index (χ4v) is 2.46. The van der Waals surface area contributed by atoms with Crippen molar-refractivity contribution in [1.29, 1.82) is 0 Å². The Hall–Kier alpha value is -0.960. The molecule has 0 spiro atoms. The van der Waals surface area contributed by atoms with Crippen LogP contribution in [0.4, 0.5) is 4.39 Å². The van der Waals surface area contributed by atoms with Crippen molar-refractivity contribution in [3.05, 3.63) is 28.5 Å². The van der Waals surface area contributed by atoms with E-state index in [9.17, 15) is 4.39 Å². The van der Waals surface area contributed by atoms with Gasteiger partial charge in [-0.15, -0.1) is 11.3 Å². The summed E-state index contributed by atoms with van der Waals surface area (Å²) in [5.74, 6) is 0.152. The predicted octanol–water partition coefficient (Wildman–Crippen LogP) is 3.87. The highest BCUT2D eigenvalue weighted by molar-refractivity contribution is 7.18. The largest absolute Gasteiger partial charge is 0.241 e. The lowest BCUT2D eigenvalue weighted by Gasteiger charge is -2.05. The Balaban J connectivity index is 2.79. The number of rotatable bonds is 1. The maximum atomic E-state index is 13.2. The molecule has 2 rings (SSSR count). The average Bonchev–Trinajstić information content (AvgIpc) is 2.42. The summed E-state index contributed by atoms with van der Waals surface area (Å²) in [6.07, 6.45) is 0. The molecule has 1 nitrogen and oxygen atoms in total. The van der Waals surface area contributed by atoms with E-state index < -0.39 is 0 Å². The Kier molecular flexibility index (Phi) is 2.27. The van der Waals surface area contributed by atoms with Gasteiger partial charge in [0.25, 0.3) is 0 Å². The zero-order chi connectivity index (χ0) is 10.3. The molecule has 0 radical (unpaired) electrons. The summed E-state index contributed by atoms with van der Waals surface area (Å²) >= 11 is 1.55. The van der Waals surface area contributed by atoms with Gasteiger partial charge in [0, 0.05) is 0 Å². The fraction of sp³-hybridized carbons (Fsp3) is 0.364. The van der Waals surface area contributed by atoms with Crippen molar-refractivity contribution in [1.82, 2.24) is 4.98 Å². The number of nitrogens with zero attached hydrogens (tertiary/aromatic N) is 1. The molecule has 2 aromatic rings. The summed E-state index contributed by atoms with van der Waals surface area (Å²) < 4.78 is 14.2. The van der Waals surface area contributed by atoms with Crippen LogP contribution in [0.15, 0.2) is 12.1 Å². The molecule has 0 atom stereocenters. The third-order valence-electron chi connectivity index (χ3n) is 2.22. The van der Waals surface area contributed by atoms with E-state index in [-0.39, 0.29) is 5.82 Å². The molecule has 0 unspecified atom stereocenters. The molecule has 0 saturated heterocycles. The summed E-state index contributed by atoms with van der Waals surface area (Å²) in [6.45, 7) is 6.07. The van der Waals surface area contributed by atoms with Gasteiger partial charge >= 0.3 is 0 Å². The SMILES string of the molecule is Cc1nc2c(C(C)C)cc(F)cc2s1.